The number of aromatic nitrogens is 1. The molecular formula is C13H11N3O5S. The Morgan fingerprint density at radius 3 is 2.50 bits per heavy atom. The standard InChI is InChI=1S/C13H11N3O5S/c1-15(13-14-7-9(22-13)16(20)21)11(17)10(12(18)19)8-5-3-2-4-6-8/h2-7,10H,1H3,(H,18,19). The second kappa shape index (κ2) is 6.31. The van der Waals surface area contributed by atoms with Crippen LogP contribution in [-0.2, 0) is 9.59 Å². The van der Waals surface area contributed by atoms with E-state index in [1.165, 1.54) is 19.2 Å². The van der Waals surface area contributed by atoms with E-state index in [1.807, 2.05) is 0 Å². The molecule has 1 heterocycles. The van der Waals surface area contributed by atoms with Gasteiger partial charge in [0.2, 0.25) is 5.91 Å². The van der Waals surface area contributed by atoms with Gasteiger partial charge < -0.3 is 5.11 Å². The van der Waals surface area contributed by atoms with Gasteiger partial charge in [0.25, 0.3) is 0 Å². The Kier molecular flexibility index (Phi) is 4.47. The number of thiazole rings is 1. The van der Waals surface area contributed by atoms with E-state index in [0.29, 0.717) is 16.9 Å². The van der Waals surface area contributed by atoms with Gasteiger partial charge in [0, 0.05) is 7.05 Å². The van der Waals surface area contributed by atoms with Gasteiger partial charge in [-0.2, -0.15) is 0 Å². The van der Waals surface area contributed by atoms with Crippen molar-refractivity contribution in [3.05, 3.63) is 52.2 Å². The van der Waals surface area contributed by atoms with Crippen LogP contribution < -0.4 is 4.90 Å². The van der Waals surface area contributed by atoms with Crippen molar-refractivity contribution in [3.8, 4) is 0 Å². The summed E-state index contributed by atoms with van der Waals surface area (Å²) in [4.78, 5) is 38.7. The van der Waals surface area contributed by atoms with Gasteiger partial charge in [-0.1, -0.05) is 30.3 Å². The number of aliphatic carboxylic acids is 1. The molecule has 1 N–H and O–H groups in total. The minimum atomic E-state index is -1.39. The molecule has 1 amide bonds. The summed E-state index contributed by atoms with van der Waals surface area (Å²) in [5, 5.41) is 19.8. The van der Waals surface area contributed by atoms with Crippen LogP contribution in [0, 0.1) is 10.1 Å². The Balaban J connectivity index is 2.30. The summed E-state index contributed by atoms with van der Waals surface area (Å²) < 4.78 is 0. The van der Waals surface area contributed by atoms with Crippen molar-refractivity contribution < 1.29 is 19.6 Å². The second-order valence-corrected chi connectivity index (χ2v) is 5.30. The number of amides is 1. The lowest BCUT2D eigenvalue weighted by Crippen LogP contribution is -2.35. The van der Waals surface area contributed by atoms with E-state index in [0.717, 1.165) is 11.1 Å². The largest absolute Gasteiger partial charge is 0.480 e. The molecular weight excluding hydrogens is 310 g/mol. The number of carboxylic acids is 1. The molecule has 0 radical (unpaired) electrons. The van der Waals surface area contributed by atoms with Crippen LogP contribution in [0.15, 0.2) is 36.5 Å². The number of rotatable bonds is 5. The predicted octanol–water partition coefficient (Wildman–Crippen LogP) is 1.88. The molecule has 0 aliphatic carbocycles. The molecule has 0 fully saturated rings. The van der Waals surface area contributed by atoms with E-state index in [9.17, 15) is 24.8 Å². The molecule has 1 aromatic carbocycles. The number of anilines is 1. The summed E-state index contributed by atoms with van der Waals surface area (Å²) in [6, 6.07) is 8.05. The molecule has 22 heavy (non-hydrogen) atoms. The van der Waals surface area contributed by atoms with Crippen LogP contribution in [0.25, 0.3) is 0 Å². The zero-order chi connectivity index (χ0) is 16.3. The van der Waals surface area contributed by atoms with E-state index in [2.05, 4.69) is 4.98 Å². The average molecular weight is 321 g/mol. The Morgan fingerprint density at radius 2 is 2.00 bits per heavy atom. The number of carbonyl (C=O) groups excluding carboxylic acids is 1. The zero-order valence-electron chi connectivity index (χ0n) is 11.4. The topological polar surface area (TPSA) is 114 Å². The summed E-state index contributed by atoms with van der Waals surface area (Å²) in [7, 11) is 1.34. The number of hydrogen-bond donors (Lipinski definition) is 1. The van der Waals surface area contributed by atoms with Gasteiger partial charge in [0.15, 0.2) is 11.0 Å². The van der Waals surface area contributed by atoms with Crippen molar-refractivity contribution in [1.29, 1.82) is 0 Å². The van der Waals surface area contributed by atoms with Crippen LogP contribution in [0.3, 0.4) is 0 Å². The van der Waals surface area contributed by atoms with Crippen molar-refractivity contribution in [2.75, 3.05) is 11.9 Å². The monoisotopic (exact) mass is 321 g/mol. The number of nitrogens with zero attached hydrogens (tertiary/aromatic N) is 3. The van der Waals surface area contributed by atoms with E-state index in [1.54, 1.807) is 18.2 Å². The lowest BCUT2D eigenvalue weighted by molar-refractivity contribution is -0.380. The molecule has 1 atom stereocenters. The Hall–Kier alpha value is -2.81. The maximum absolute atomic E-state index is 12.4. The molecule has 1 unspecified atom stereocenters. The molecule has 0 spiro atoms. The summed E-state index contributed by atoms with van der Waals surface area (Å²) in [6.45, 7) is 0. The van der Waals surface area contributed by atoms with Crippen molar-refractivity contribution in [2.45, 2.75) is 5.92 Å². The SMILES string of the molecule is CN(C(=O)C(C(=O)O)c1ccccc1)c1ncc([N+](=O)[O-])s1. The summed E-state index contributed by atoms with van der Waals surface area (Å²) in [5.41, 5.74) is 0.331. The molecule has 0 bridgehead atoms. The van der Waals surface area contributed by atoms with E-state index in [4.69, 9.17) is 0 Å². The maximum Gasteiger partial charge on any atom is 0.345 e. The zero-order valence-corrected chi connectivity index (χ0v) is 12.2. The highest BCUT2D eigenvalue weighted by atomic mass is 32.1. The van der Waals surface area contributed by atoms with Gasteiger partial charge in [-0.05, 0) is 16.9 Å². The third-order valence-electron chi connectivity index (χ3n) is 2.91. The van der Waals surface area contributed by atoms with Gasteiger partial charge in [0.05, 0.1) is 4.92 Å². The van der Waals surface area contributed by atoms with Gasteiger partial charge in [-0.25, -0.2) is 4.98 Å². The quantitative estimate of drug-likeness (QED) is 0.511. The highest BCUT2D eigenvalue weighted by molar-refractivity contribution is 7.18. The highest BCUT2D eigenvalue weighted by Crippen LogP contribution is 2.29. The Bertz CT molecular complexity index is 715. The van der Waals surface area contributed by atoms with Crippen molar-refractivity contribution in [2.24, 2.45) is 0 Å². The van der Waals surface area contributed by atoms with Crippen LogP contribution >= 0.6 is 11.3 Å². The second-order valence-electron chi connectivity index (χ2n) is 4.32. The molecule has 0 aliphatic rings. The number of likely N-dealkylation sites (N-methyl/N-ethyl adjacent to an activating group) is 1. The summed E-state index contributed by atoms with van der Waals surface area (Å²) in [5.74, 6) is -3.41. The minimum absolute atomic E-state index is 0.0684. The molecule has 0 saturated heterocycles. The van der Waals surface area contributed by atoms with Gasteiger partial charge in [-0.15, -0.1) is 0 Å². The van der Waals surface area contributed by atoms with E-state index < -0.39 is 22.7 Å². The van der Waals surface area contributed by atoms with Crippen LogP contribution in [0.5, 0.6) is 0 Å². The fraction of sp³-hybridized carbons (Fsp3) is 0.154. The third-order valence-corrected chi connectivity index (χ3v) is 3.93. The molecule has 9 heteroatoms. The highest BCUT2D eigenvalue weighted by Gasteiger charge is 2.32. The molecule has 2 rings (SSSR count). The van der Waals surface area contributed by atoms with Gasteiger partial charge in [0.1, 0.15) is 6.20 Å². The molecule has 0 aliphatic heterocycles. The number of carboxylic acid groups (broad SMARTS) is 1. The molecule has 0 saturated carbocycles. The van der Waals surface area contributed by atoms with Crippen molar-refractivity contribution in [3.63, 3.8) is 0 Å². The Morgan fingerprint density at radius 1 is 1.36 bits per heavy atom. The fourth-order valence-corrected chi connectivity index (χ4v) is 2.52. The van der Waals surface area contributed by atoms with Crippen molar-refractivity contribution in [1.82, 2.24) is 4.98 Å². The maximum atomic E-state index is 12.4. The lowest BCUT2D eigenvalue weighted by Gasteiger charge is -2.19. The van der Waals surface area contributed by atoms with Crippen LogP contribution in [0.2, 0.25) is 0 Å². The minimum Gasteiger partial charge on any atom is -0.480 e. The van der Waals surface area contributed by atoms with E-state index in [-0.39, 0.29) is 10.1 Å². The number of benzene rings is 1. The first kappa shape index (κ1) is 15.6. The first-order chi connectivity index (χ1) is 10.4. The molecule has 8 nitrogen and oxygen atoms in total. The smallest absolute Gasteiger partial charge is 0.345 e. The lowest BCUT2D eigenvalue weighted by atomic mass is 9.98. The average Bonchev–Trinajstić information content (AvgIpc) is 2.97. The van der Waals surface area contributed by atoms with E-state index >= 15 is 0 Å². The van der Waals surface area contributed by atoms with Gasteiger partial charge in [-0.3, -0.25) is 24.6 Å². The normalized spacial score (nSPS) is 11.7. The summed E-state index contributed by atoms with van der Waals surface area (Å²) in [6.07, 6.45) is 1.03. The third kappa shape index (κ3) is 3.09. The number of nitro groups is 1. The predicted molar refractivity (Wildman–Crippen MR) is 79.0 cm³/mol. The first-order valence-electron chi connectivity index (χ1n) is 6.07. The first-order valence-corrected chi connectivity index (χ1v) is 6.89. The van der Waals surface area contributed by atoms with Gasteiger partial charge >= 0.3 is 11.0 Å². The Labute approximate surface area is 128 Å². The summed E-state index contributed by atoms with van der Waals surface area (Å²) >= 11 is 0.704. The molecule has 2 aromatic rings. The number of hydrogen-bond acceptors (Lipinski definition) is 6. The van der Waals surface area contributed by atoms with Crippen molar-refractivity contribution >= 4 is 33.3 Å². The number of carbonyl (C=O) groups is 2. The van der Waals surface area contributed by atoms with Crippen LogP contribution in [0.4, 0.5) is 10.1 Å². The van der Waals surface area contributed by atoms with Crippen LogP contribution in [0.1, 0.15) is 11.5 Å². The van der Waals surface area contributed by atoms with Crippen LogP contribution in [-0.4, -0.2) is 33.9 Å². The molecule has 1 aromatic heterocycles. The fourth-order valence-electron chi connectivity index (χ4n) is 1.82. The molecule has 114 valence electrons.